The first-order valence-corrected chi connectivity index (χ1v) is 14.7. The maximum atomic E-state index is 12.0. The molecule has 3 saturated carbocycles. The molecule has 5 heteroatoms. The maximum Gasteiger partial charge on any atom is 0.306 e. The molecule has 4 aliphatic carbocycles. The summed E-state index contributed by atoms with van der Waals surface area (Å²) in [6.45, 7) is 11.6. The number of hydrogen-bond donors (Lipinski definition) is 2. The molecule has 0 spiro atoms. The first kappa shape index (κ1) is 27.7. The minimum Gasteiger partial charge on any atom is -0.481 e. The lowest BCUT2D eigenvalue weighted by Crippen LogP contribution is -2.52. The fourth-order valence-corrected chi connectivity index (χ4v) is 9.23. The van der Waals surface area contributed by atoms with E-state index in [0.717, 1.165) is 56.3 Å². The lowest BCUT2D eigenvalue weighted by molar-refractivity contribution is -0.152. The summed E-state index contributed by atoms with van der Waals surface area (Å²) in [5.74, 6) is 2.29. The molecule has 0 amide bonds. The Bertz CT molecular complexity index is 861. The molecule has 4 rings (SSSR count). The first-order chi connectivity index (χ1) is 16.9. The standard InChI is InChI=1S/C31H50O5/c1-6-22(36-28(34)14-13-27(32)33)9-7-20(2)24-11-12-25-23-10-8-21-19-29(3,35)17-18-30(21,4)26(23)15-16-31(24,25)5/h8,20,22-26,35H,6-7,9-19H2,1-5H3,(H,32,33)/t20-,22?,23+,24-,25+,26+,29+,30+,31-/m1/s1. The van der Waals surface area contributed by atoms with Crippen molar-refractivity contribution in [2.75, 3.05) is 0 Å². The van der Waals surface area contributed by atoms with Gasteiger partial charge < -0.3 is 14.9 Å². The second-order valence-electron chi connectivity index (χ2n) is 13.6. The van der Waals surface area contributed by atoms with Crippen LogP contribution in [0.1, 0.15) is 118 Å². The Labute approximate surface area is 218 Å². The third kappa shape index (κ3) is 5.28. The third-order valence-corrected chi connectivity index (χ3v) is 11.4. The third-order valence-electron chi connectivity index (χ3n) is 11.4. The molecule has 0 aromatic carbocycles. The Morgan fingerprint density at radius 3 is 2.50 bits per heavy atom. The monoisotopic (exact) mass is 502 g/mol. The molecule has 0 radical (unpaired) electrons. The number of rotatable bonds is 9. The Kier molecular flexibility index (Phi) is 8.01. The fourth-order valence-electron chi connectivity index (χ4n) is 9.23. The van der Waals surface area contributed by atoms with Crippen molar-refractivity contribution in [1.29, 1.82) is 0 Å². The zero-order valence-corrected chi connectivity index (χ0v) is 23.4. The number of aliphatic hydroxyl groups is 1. The van der Waals surface area contributed by atoms with Gasteiger partial charge in [0.2, 0.25) is 0 Å². The molecule has 0 aliphatic heterocycles. The van der Waals surface area contributed by atoms with Gasteiger partial charge in [-0.15, -0.1) is 0 Å². The molecule has 204 valence electrons. The number of carboxylic acids is 1. The fraction of sp³-hybridized carbons (Fsp3) is 0.871. The van der Waals surface area contributed by atoms with Crippen LogP contribution in [0.5, 0.6) is 0 Å². The van der Waals surface area contributed by atoms with E-state index < -0.39 is 11.6 Å². The SMILES string of the molecule is CCC(CC[C@@H](C)[C@H]1CC[C@H]2[C@@H]3CC=C4C[C@@](C)(O)CC[C@]4(C)[C@H]3CC[C@]12C)OC(=O)CCC(=O)O. The summed E-state index contributed by atoms with van der Waals surface area (Å²) in [4.78, 5) is 22.8. The zero-order chi connectivity index (χ0) is 26.3. The van der Waals surface area contributed by atoms with Crippen LogP contribution in [0.25, 0.3) is 0 Å². The summed E-state index contributed by atoms with van der Waals surface area (Å²) in [7, 11) is 0. The molecule has 36 heavy (non-hydrogen) atoms. The highest BCUT2D eigenvalue weighted by atomic mass is 16.5. The Morgan fingerprint density at radius 2 is 1.81 bits per heavy atom. The van der Waals surface area contributed by atoms with E-state index in [2.05, 4.69) is 26.8 Å². The number of allylic oxidation sites excluding steroid dienone is 1. The molecule has 0 aromatic heterocycles. The Balaban J connectivity index is 1.38. The van der Waals surface area contributed by atoms with Crippen molar-refractivity contribution < 1.29 is 24.5 Å². The van der Waals surface area contributed by atoms with Crippen molar-refractivity contribution >= 4 is 11.9 Å². The summed E-state index contributed by atoms with van der Waals surface area (Å²) in [6, 6.07) is 0. The highest BCUT2D eigenvalue weighted by molar-refractivity contribution is 5.76. The predicted octanol–water partition coefficient (Wildman–Crippen LogP) is 6.92. The van der Waals surface area contributed by atoms with Gasteiger partial charge in [-0.05, 0) is 118 Å². The Morgan fingerprint density at radius 1 is 1.06 bits per heavy atom. The number of esters is 1. The van der Waals surface area contributed by atoms with E-state index in [1.807, 2.05) is 13.8 Å². The van der Waals surface area contributed by atoms with E-state index in [0.29, 0.717) is 17.3 Å². The van der Waals surface area contributed by atoms with Gasteiger partial charge in [-0.2, -0.15) is 0 Å². The van der Waals surface area contributed by atoms with E-state index in [1.54, 1.807) is 0 Å². The number of hydrogen-bond acceptors (Lipinski definition) is 4. The van der Waals surface area contributed by atoms with Crippen molar-refractivity contribution in [1.82, 2.24) is 0 Å². The normalized spacial score (nSPS) is 41.3. The quantitative estimate of drug-likeness (QED) is 0.264. The number of fused-ring (bicyclic) bond motifs is 5. The molecular formula is C31H50O5. The Hall–Kier alpha value is -1.36. The average Bonchev–Trinajstić information content (AvgIpc) is 3.17. The maximum absolute atomic E-state index is 12.0. The molecule has 9 atom stereocenters. The molecule has 0 aromatic rings. The van der Waals surface area contributed by atoms with Crippen LogP contribution in [0.4, 0.5) is 0 Å². The molecule has 3 fully saturated rings. The number of carbonyl (C=O) groups excluding carboxylic acids is 1. The predicted molar refractivity (Wildman–Crippen MR) is 141 cm³/mol. The molecule has 0 bridgehead atoms. The minimum atomic E-state index is -0.957. The van der Waals surface area contributed by atoms with Crippen LogP contribution >= 0.6 is 0 Å². The largest absolute Gasteiger partial charge is 0.481 e. The van der Waals surface area contributed by atoms with Gasteiger partial charge in [-0.3, -0.25) is 9.59 Å². The lowest BCUT2D eigenvalue weighted by Gasteiger charge is -2.59. The summed E-state index contributed by atoms with van der Waals surface area (Å²) >= 11 is 0. The van der Waals surface area contributed by atoms with Gasteiger partial charge >= 0.3 is 11.9 Å². The summed E-state index contributed by atoms with van der Waals surface area (Å²) < 4.78 is 5.62. The second-order valence-corrected chi connectivity index (χ2v) is 13.6. The molecule has 2 N–H and O–H groups in total. The van der Waals surface area contributed by atoms with Gasteiger partial charge in [0, 0.05) is 0 Å². The zero-order valence-electron chi connectivity index (χ0n) is 23.4. The molecule has 5 nitrogen and oxygen atoms in total. The number of ether oxygens (including phenoxy) is 1. The number of aliphatic carboxylic acids is 1. The minimum absolute atomic E-state index is 0.0427. The van der Waals surface area contributed by atoms with Crippen LogP contribution in [0.3, 0.4) is 0 Å². The van der Waals surface area contributed by atoms with Gasteiger partial charge in [0.1, 0.15) is 6.10 Å². The van der Waals surface area contributed by atoms with Gasteiger partial charge in [0.15, 0.2) is 0 Å². The molecule has 4 aliphatic rings. The summed E-state index contributed by atoms with van der Waals surface area (Å²) in [6.07, 6.45) is 14.3. The number of carbonyl (C=O) groups is 2. The van der Waals surface area contributed by atoms with Crippen LogP contribution in [0.2, 0.25) is 0 Å². The highest BCUT2D eigenvalue weighted by Crippen LogP contribution is 2.67. The van der Waals surface area contributed by atoms with Gasteiger partial charge in [-0.1, -0.05) is 39.3 Å². The lowest BCUT2D eigenvalue weighted by atomic mass is 9.46. The van der Waals surface area contributed by atoms with Gasteiger partial charge in [0.25, 0.3) is 0 Å². The van der Waals surface area contributed by atoms with Crippen molar-refractivity contribution in [2.24, 2.45) is 40.4 Å². The van der Waals surface area contributed by atoms with Crippen LogP contribution < -0.4 is 0 Å². The van der Waals surface area contributed by atoms with Crippen LogP contribution in [-0.4, -0.2) is 33.9 Å². The topological polar surface area (TPSA) is 83.8 Å². The molecule has 0 heterocycles. The van der Waals surface area contributed by atoms with E-state index >= 15 is 0 Å². The van der Waals surface area contributed by atoms with E-state index in [1.165, 1.54) is 37.7 Å². The van der Waals surface area contributed by atoms with Crippen molar-refractivity contribution in [3.05, 3.63) is 11.6 Å². The van der Waals surface area contributed by atoms with Crippen molar-refractivity contribution in [2.45, 2.75) is 130 Å². The summed E-state index contributed by atoms with van der Waals surface area (Å²) in [5, 5.41) is 19.5. The average molecular weight is 503 g/mol. The number of carboxylic acid groups (broad SMARTS) is 1. The molecular weight excluding hydrogens is 452 g/mol. The summed E-state index contributed by atoms with van der Waals surface area (Å²) in [5.41, 5.74) is 1.67. The van der Waals surface area contributed by atoms with Gasteiger partial charge in [-0.25, -0.2) is 0 Å². The van der Waals surface area contributed by atoms with Crippen molar-refractivity contribution in [3.63, 3.8) is 0 Å². The molecule has 0 saturated heterocycles. The smallest absolute Gasteiger partial charge is 0.306 e. The molecule has 1 unspecified atom stereocenters. The van der Waals surface area contributed by atoms with E-state index in [4.69, 9.17) is 9.84 Å². The van der Waals surface area contributed by atoms with Crippen LogP contribution in [0, 0.1) is 40.4 Å². The van der Waals surface area contributed by atoms with E-state index in [-0.39, 0.29) is 30.3 Å². The van der Waals surface area contributed by atoms with Gasteiger partial charge in [0.05, 0.1) is 18.4 Å². The van der Waals surface area contributed by atoms with Crippen LogP contribution in [-0.2, 0) is 14.3 Å². The second kappa shape index (κ2) is 10.4. The van der Waals surface area contributed by atoms with Crippen molar-refractivity contribution in [3.8, 4) is 0 Å². The first-order valence-electron chi connectivity index (χ1n) is 14.7. The highest BCUT2D eigenvalue weighted by Gasteiger charge is 2.59. The van der Waals surface area contributed by atoms with Crippen LogP contribution in [0.15, 0.2) is 11.6 Å². The van der Waals surface area contributed by atoms with E-state index in [9.17, 15) is 14.7 Å².